The Morgan fingerprint density at radius 3 is 2.62 bits per heavy atom. The van der Waals surface area contributed by atoms with Gasteiger partial charge < -0.3 is 10.1 Å². The first-order valence-corrected chi connectivity index (χ1v) is 7.92. The Hall–Kier alpha value is -2.02. The number of H-pyrrole nitrogens is 1. The van der Waals surface area contributed by atoms with Crippen molar-refractivity contribution in [1.82, 2.24) is 9.55 Å². The summed E-state index contributed by atoms with van der Waals surface area (Å²) in [5.74, 6) is 0.748. The van der Waals surface area contributed by atoms with Gasteiger partial charge in [0.05, 0.1) is 11.4 Å². The predicted octanol–water partition coefficient (Wildman–Crippen LogP) is 2.60. The number of aromatic amines is 1. The third-order valence-electron chi connectivity index (χ3n) is 3.29. The molecule has 0 bridgehead atoms. The smallest absolute Gasteiger partial charge is 0.333 e. The van der Waals surface area contributed by atoms with Gasteiger partial charge in [-0.05, 0) is 36.6 Å². The van der Waals surface area contributed by atoms with E-state index in [4.69, 9.17) is 0 Å². The van der Waals surface area contributed by atoms with Gasteiger partial charge in [0.25, 0.3) is 0 Å². The molecule has 0 radical (unpaired) electrons. The van der Waals surface area contributed by atoms with Crippen LogP contribution in [0, 0.1) is 4.91 Å². The average molecular weight is 307 g/mol. The van der Waals surface area contributed by atoms with Crippen LogP contribution < -0.4 is 5.69 Å². The SMILES string of the molecule is CSCCc1[nH]c(=O)n(-c2ccc(C(C)N=O)cc2)c1O. The molecule has 0 aliphatic heterocycles. The number of imidazole rings is 1. The molecule has 0 aliphatic rings. The molecule has 7 heteroatoms. The quantitative estimate of drug-likeness (QED) is 0.803. The minimum Gasteiger partial charge on any atom is -0.493 e. The summed E-state index contributed by atoms with van der Waals surface area (Å²) in [6.45, 7) is 1.70. The first-order chi connectivity index (χ1) is 10.1. The number of aromatic hydroxyl groups is 1. The Bertz CT molecular complexity index is 676. The summed E-state index contributed by atoms with van der Waals surface area (Å²) in [6.07, 6.45) is 2.56. The lowest BCUT2D eigenvalue weighted by Crippen LogP contribution is -2.14. The molecule has 1 atom stereocenters. The maximum Gasteiger partial charge on any atom is 0.333 e. The highest BCUT2D eigenvalue weighted by molar-refractivity contribution is 7.98. The Labute approximate surface area is 126 Å². The van der Waals surface area contributed by atoms with Crippen LogP contribution in [0.25, 0.3) is 5.69 Å². The topological polar surface area (TPSA) is 87.5 Å². The van der Waals surface area contributed by atoms with Gasteiger partial charge in [-0.2, -0.15) is 16.7 Å². The predicted molar refractivity (Wildman–Crippen MR) is 84.4 cm³/mol. The number of nitrogens with one attached hydrogen (secondary N) is 1. The number of thioether (sulfide) groups is 1. The average Bonchev–Trinajstić information content (AvgIpc) is 2.79. The van der Waals surface area contributed by atoms with Gasteiger partial charge in [-0.3, -0.25) is 0 Å². The van der Waals surface area contributed by atoms with E-state index in [-0.39, 0.29) is 11.6 Å². The highest BCUT2D eigenvalue weighted by Crippen LogP contribution is 2.22. The molecule has 1 aromatic carbocycles. The van der Waals surface area contributed by atoms with Crippen LogP contribution in [0.5, 0.6) is 5.88 Å². The highest BCUT2D eigenvalue weighted by Gasteiger charge is 2.14. The van der Waals surface area contributed by atoms with Gasteiger partial charge in [0.15, 0.2) is 0 Å². The van der Waals surface area contributed by atoms with Gasteiger partial charge in [0.2, 0.25) is 5.88 Å². The molecule has 2 rings (SSSR count). The molecule has 1 heterocycles. The fraction of sp³-hybridized carbons (Fsp3) is 0.357. The largest absolute Gasteiger partial charge is 0.493 e. The van der Waals surface area contributed by atoms with Crippen molar-refractivity contribution in [3.63, 3.8) is 0 Å². The van der Waals surface area contributed by atoms with E-state index in [2.05, 4.69) is 10.2 Å². The monoisotopic (exact) mass is 307 g/mol. The molecule has 0 saturated carbocycles. The lowest BCUT2D eigenvalue weighted by atomic mass is 10.1. The van der Waals surface area contributed by atoms with Gasteiger partial charge in [0, 0.05) is 6.42 Å². The van der Waals surface area contributed by atoms with Gasteiger partial charge in [-0.25, -0.2) is 9.36 Å². The number of nitroso groups, excluding NO2 is 1. The Morgan fingerprint density at radius 2 is 2.05 bits per heavy atom. The Balaban J connectivity index is 2.36. The summed E-state index contributed by atoms with van der Waals surface area (Å²) in [4.78, 5) is 25.2. The second-order valence-corrected chi connectivity index (χ2v) is 5.67. The van der Waals surface area contributed by atoms with Gasteiger partial charge in [-0.1, -0.05) is 17.3 Å². The molecule has 1 unspecified atom stereocenters. The van der Waals surface area contributed by atoms with Crippen molar-refractivity contribution in [3.05, 3.63) is 50.9 Å². The fourth-order valence-electron chi connectivity index (χ4n) is 2.05. The summed E-state index contributed by atoms with van der Waals surface area (Å²) in [7, 11) is 0. The van der Waals surface area contributed by atoms with Crippen LogP contribution in [0.4, 0.5) is 0 Å². The van der Waals surface area contributed by atoms with Gasteiger partial charge >= 0.3 is 5.69 Å². The molecule has 0 spiro atoms. The van der Waals surface area contributed by atoms with E-state index < -0.39 is 6.04 Å². The summed E-state index contributed by atoms with van der Waals surface area (Å²) in [5.41, 5.74) is 1.46. The van der Waals surface area contributed by atoms with Crippen molar-refractivity contribution in [2.45, 2.75) is 19.4 Å². The van der Waals surface area contributed by atoms with E-state index in [0.29, 0.717) is 17.8 Å². The number of benzene rings is 1. The van der Waals surface area contributed by atoms with Crippen molar-refractivity contribution in [1.29, 1.82) is 0 Å². The number of hydrogen-bond donors (Lipinski definition) is 2. The van der Waals surface area contributed by atoms with Crippen molar-refractivity contribution in [3.8, 4) is 11.6 Å². The normalized spacial score (nSPS) is 12.3. The van der Waals surface area contributed by atoms with Crippen LogP contribution in [0.1, 0.15) is 24.2 Å². The molecule has 0 fully saturated rings. The maximum absolute atomic E-state index is 12.0. The molecule has 1 aromatic heterocycles. The minimum absolute atomic E-state index is 0.0663. The zero-order valence-electron chi connectivity index (χ0n) is 11.9. The van der Waals surface area contributed by atoms with E-state index in [1.807, 2.05) is 6.26 Å². The van der Waals surface area contributed by atoms with Crippen molar-refractivity contribution in [2.75, 3.05) is 12.0 Å². The molecule has 2 aromatic rings. The van der Waals surface area contributed by atoms with E-state index in [9.17, 15) is 14.8 Å². The standard InChI is InChI=1S/C14H17N3O3S/c1-9(16-20)10-3-5-11(6-4-10)17-13(18)12(7-8-21-2)15-14(17)19/h3-6,9,18H,7-8H2,1-2H3,(H,15,19). The van der Waals surface area contributed by atoms with Crippen molar-refractivity contribution in [2.24, 2.45) is 5.18 Å². The molecule has 6 nitrogen and oxygen atoms in total. The minimum atomic E-state index is -0.437. The number of aryl methyl sites for hydroxylation is 1. The zero-order chi connectivity index (χ0) is 15.4. The first-order valence-electron chi connectivity index (χ1n) is 6.53. The number of hydrogen-bond acceptors (Lipinski definition) is 5. The van der Waals surface area contributed by atoms with Crippen LogP contribution >= 0.6 is 11.8 Å². The molecule has 2 N–H and O–H groups in total. The zero-order valence-corrected chi connectivity index (χ0v) is 12.7. The third-order valence-corrected chi connectivity index (χ3v) is 3.90. The van der Waals surface area contributed by atoms with Crippen LogP contribution in [-0.2, 0) is 6.42 Å². The van der Waals surface area contributed by atoms with E-state index in [0.717, 1.165) is 11.3 Å². The van der Waals surface area contributed by atoms with Crippen molar-refractivity contribution < 1.29 is 5.11 Å². The highest BCUT2D eigenvalue weighted by atomic mass is 32.2. The van der Waals surface area contributed by atoms with Crippen LogP contribution in [0.2, 0.25) is 0 Å². The Kier molecular flexibility index (Phi) is 4.85. The number of nitrogens with zero attached hydrogens (tertiary/aromatic N) is 2. The van der Waals surface area contributed by atoms with Gasteiger partial charge in [0.1, 0.15) is 6.04 Å². The van der Waals surface area contributed by atoms with Gasteiger partial charge in [-0.15, -0.1) is 0 Å². The number of aromatic nitrogens is 2. The summed E-state index contributed by atoms with van der Waals surface area (Å²) in [5, 5.41) is 13.1. The molecule has 21 heavy (non-hydrogen) atoms. The molecular formula is C14H17N3O3S. The third kappa shape index (κ3) is 3.18. The van der Waals surface area contributed by atoms with E-state index in [1.54, 1.807) is 43.0 Å². The van der Waals surface area contributed by atoms with Crippen LogP contribution in [0.15, 0.2) is 34.2 Å². The lowest BCUT2D eigenvalue weighted by molar-refractivity contribution is 0.435. The summed E-state index contributed by atoms with van der Waals surface area (Å²) >= 11 is 1.64. The van der Waals surface area contributed by atoms with Crippen LogP contribution in [0.3, 0.4) is 0 Å². The molecular weight excluding hydrogens is 290 g/mol. The fourth-order valence-corrected chi connectivity index (χ4v) is 2.46. The van der Waals surface area contributed by atoms with E-state index >= 15 is 0 Å². The maximum atomic E-state index is 12.0. The molecule has 112 valence electrons. The van der Waals surface area contributed by atoms with E-state index in [1.165, 1.54) is 4.57 Å². The second-order valence-electron chi connectivity index (χ2n) is 4.68. The van der Waals surface area contributed by atoms with Crippen LogP contribution in [-0.4, -0.2) is 26.7 Å². The molecule has 0 saturated heterocycles. The molecule has 0 aliphatic carbocycles. The lowest BCUT2D eigenvalue weighted by Gasteiger charge is -2.06. The summed E-state index contributed by atoms with van der Waals surface area (Å²) < 4.78 is 1.22. The molecule has 0 amide bonds. The van der Waals surface area contributed by atoms with Crippen molar-refractivity contribution >= 4 is 11.8 Å². The Morgan fingerprint density at radius 1 is 1.38 bits per heavy atom. The number of rotatable bonds is 6. The summed E-state index contributed by atoms with van der Waals surface area (Å²) in [6, 6.07) is 6.38. The first kappa shape index (κ1) is 15.4. The second kappa shape index (κ2) is 6.62.